The molecule has 0 bridgehead atoms. The number of aromatic amines is 1. The Labute approximate surface area is 172 Å². The molecule has 156 valence electrons. The van der Waals surface area contributed by atoms with Gasteiger partial charge in [0.1, 0.15) is 17.6 Å². The highest BCUT2D eigenvalue weighted by molar-refractivity contribution is 7.89. The number of hydrogen-bond donors (Lipinski definition) is 0. The van der Waals surface area contributed by atoms with Crippen LogP contribution < -0.4 is 19.4 Å². The topological polar surface area (TPSA) is 73.2 Å². The van der Waals surface area contributed by atoms with Crippen LogP contribution in [0.4, 0.5) is 5.82 Å². The van der Waals surface area contributed by atoms with E-state index in [1.165, 1.54) is 11.1 Å². The molecule has 1 N–H and O–H groups in total. The van der Waals surface area contributed by atoms with Crippen molar-refractivity contribution in [2.75, 3.05) is 38.8 Å². The lowest BCUT2D eigenvalue weighted by atomic mass is 9.99. The van der Waals surface area contributed by atoms with E-state index in [9.17, 15) is 8.42 Å². The molecule has 4 rings (SSSR count). The Kier molecular flexibility index (Phi) is 5.65. The standard InChI is InChI=1S/C21H27N3O4S/c1-27-19-12-16-8-11-23(15-17(16)13-20(19)28-2)21-7-6-18(14-22-21)29(25,26)24-9-4-3-5-10-24/h6-7,12-14H,3-5,8-11,15H2,1-2H3/p+1. The molecule has 29 heavy (non-hydrogen) atoms. The second-order valence-corrected chi connectivity index (χ2v) is 9.46. The third-order valence-electron chi connectivity index (χ3n) is 5.78. The lowest BCUT2D eigenvalue weighted by Crippen LogP contribution is -2.37. The van der Waals surface area contributed by atoms with Crippen molar-refractivity contribution in [1.29, 1.82) is 0 Å². The maximum atomic E-state index is 12.8. The van der Waals surface area contributed by atoms with Gasteiger partial charge in [0.05, 0.1) is 20.8 Å². The Morgan fingerprint density at radius 2 is 1.62 bits per heavy atom. The van der Waals surface area contributed by atoms with E-state index in [1.807, 2.05) is 18.2 Å². The maximum Gasteiger partial charge on any atom is 0.274 e. The summed E-state index contributed by atoms with van der Waals surface area (Å²) in [6, 6.07) is 7.64. The zero-order valence-corrected chi connectivity index (χ0v) is 17.8. The normalized spacial score (nSPS) is 17.7. The first-order chi connectivity index (χ1) is 14.0. The minimum absolute atomic E-state index is 0.326. The summed E-state index contributed by atoms with van der Waals surface area (Å²) in [6.07, 6.45) is 5.47. The van der Waals surface area contributed by atoms with Gasteiger partial charge in [0.25, 0.3) is 5.82 Å². The molecule has 1 fully saturated rings. The summed E-state index contributed by atoms with van der Waals surface area (Å²) in [5.74, 6) is 2.38. The number of sulfonamides is 1. The Morgan fingerprint density at radius 3 is 2.24 bits per heavy atom. The van der Waals surface area contributed by atoms with Gasteiger partial charge in [-0.25, -0.2) is 13.4 Å². The van der Waals surface area contributed by atoms with Gasteiger partial charge in [0.15, 0.2) is 11.5 Å². The van der Waals surface area contributed by atoms with Crippen LogP contribution >= 0.6 is 0 Å². The van der Waals surface area contributed by atoms with Crippen LogP contribution in [0.3, 0.4) is 0 Å². The predicted molar refractivity (Wildman–Crippen MR) is 110 cm³/mol. The van der Waals surface area contributed by atoms with E-state index in [2.05, 4.69) is 9.88 Å². The zero-order valence-electron chi connectivity index (χ0n) is 17.0. The van der Waals surface area contributed by atoms with Gasteiger partial charge in [0.2, 0.25) is 10.0 Å². The third-order valence-corrected chi connectivity index (χ3v) is 7.67. The smallest absolute Gasteiger partial charge is 0.274 e. The molecule has 8 heteroatoms. The second kappa shape index (κ2) is 8.20. The monoisotopic (exact) mass is 418 g/mol. The Hall–Kier alpha value is -2.32. The number of anilines is 1. The fraction of sp³-hybridized carbons (Fsp3) is 0.476. The largest absolute Gasteiger partial charge is 0.493 e. The van der Waals surface area contributed by atoms with E-state index in [1.54, 1.807) is 30.8 Å². The van der Waals surface area contributed by atoms with E-state index in [0.717, 1.165) is 56.1 Å². The first kappa shape index (κ1) is 20.0. The van der Waals surface area contributed by atoms with Gasteiger partial charge in [-0.05, 0) is 36.6 Å². The lowest BCUT2D eigenvalue weighted by molar-refractivity contribution is -0.367. The summed E-state index contributed by atoms with van der Waals surface area (Å²) < 4.78 is 38.1. The van der Waals surface area contributed by atoms with Crippen LogP contribution in [-0.4, -0.2) is 46.6 Å². The Balaban J connectivity index is 1.53. The molecule has 0 spiro atoms. The van der Waals surface area contributed by atoms with Crippen molar-refractivity contribution in [3.63, 3.8) is 0 Å². The maximum absolute atomic E-state index is 12.8. The average molecular weight is 419 g/mol. The number of rotatable bonds is 5. The fourth-order valence-corrected chi connectivity index (χ4v) is 5.59. The Bertz CT molecular complexity index is 970. The quantitative estimate of drug-likeness (QED) is 0.745. The molecule has 0 saturated carbocycles. The van der Waals surface area contributed by atoms with Gasteiger partial charge in [-0.3, -0.25) is 4.90 Å². The summed E-state index contributed by atoms with van der Waals surface area (Å²) in [5.41, 5.74) is 2.44. The molecule has 2 aliphatic heterocycles. The van der Waals surface area contributed by atoms with Gasteiger partial charge in [-0.1, -0.05) is 6.42 Å². The van der Waals surface area contributed by atoms with E-state index < -0.39 is 10.0 Å². The highest BCUT2D eigenvalue weighted by Gasteiger charge is 2.29. The van der Waals surface area contributed by atoms with Crippen LogP contribution in [-0.2, 0) is 23.0 Å². The third kappa shape index (κ3) is 3.91. The van der Waals surface area contributed by atoms with Gasteiger partial charge in [-0.2, -0.15) is 4.31 Å². The van der Waals surface area contributed by atoms with E-state index >= 15 is 0 Å². The number of piperidine rings is 1. The average Bonchev–Trinajstić information content (AvgIpc) is 2.78. The SMILES string of the molecule is COc1cc2c(cc1OC)CN(c1ccc(S(=O)(=O)N3CCCCC3)c[nH+]1)CC2. The molecule has 3 heterocycles. The zero-order chi connectivity index (χ0) is 20.4. The molecule has 1 saturated heterocycles. The molecule has 1 aromatic carbocycles. The van der Waals surface area contributed by atoms with Crippen molar-refractivity contribution >= 4 is 15.8 Å². The van der Waals surface area contributed by atoms with E-state index in [4.69, 9.17) is 9.47 Å². The molecule has 0 radical (unpaired) electrons. The summed E-state index contributed by atoms with van der Waals surface area (Å²) in [7, 11) is -0.136. The molecule has 0 aliphatic carbocycles. The van der Waals surface area contributed by atoms with Crippen molar-refractivity contribution in [2.45, 2.75) is 37.1 Å². The predicted octanol–water partition coefficient (Wildman–Crippen LogP) is 2.26. The van der Waals surface area contributed by atoms with Crippen LogP contribution in [0.2, 0.25) is 0 Å². The summed E-state index contributed by atoms with van der Waals surface area (Å²) >= 11 is 0. The minimum Gasteiger partial charge on any atom is -0.493 e. The number of benzene rings is 1. The second-order valence-electron chi connectivity index (χ2n) is 7.52. The number of ether oxygens (including phenoxy) is 2. The first-order valence-corrected chi connectivity index (χ1v) is 11.5. The first-order valence-electron chi connectivity index (χ1n) is 10.0. The van der Waals surface area contributed by atoms with Crippen LogP contribution in [0.25, 0.3) is 0 Å². The van der Waals surface area contributed by atoms with Crippen molar-refractivity contribution in [3.8, 4) is 11.5 Å². The molecule has 0 atom stereocenters. The number of nitrogens with zero attached hydrogens (tertiary/aromatic N) is 2. The number of H-pyrrole nitrogens is 1. The summed E-state index contributed by atoms with van der Waals surface area (Å²) in [4.78, 5) is 5.74. The highest BCUT2D eigenvalue weighted by Crippen LogP contribution is 2.34. The summed E-state index contributed by atoms with van der Waals surface area (Å²) in [6.45, 7) is 2.79. The number of methoxy groups -OCH3 is 2. The van der Waals surface area contributed by atoms with E-state index in [-0.39, 0.29) is 0 Å². The van der Waals surface area contributed by atoms with Gasteiger partial charge < -0.3 is 9.47 Å². The van der Waals surface area contributed by atoms with Crippen molar-refractivity contribution in [1.82, 2.24) is 4.31 Å². The molecular formula is C21H28N3O4S+. The molecule has 7 nitrogen and oxygen atoms in total. The molecule has 0 amide bonds. The number of hydrogen-bond acceptors (Lipinski definition) is 5. The van der Waals surface area contributed by atoms with Gasteiger partial charge in [-0.15, -0.1) is 0 Å². The molecule has 2 aliphatic rings. The lowest BCUT2D eigenvalue weighted by Gasteiger charge is -2.26. The molecular weight excluding hydrogens is 390 g/mol. The highest BCUT2D eigenvalue weighted by atomic mass is 32.2. The number of pyridine rings is 1. The Morgan fingerprint density at radius 1 is 0.931 bits per heavy atom. The van der Waals surface area contributed by atoms with Crippen LogP contribution in [0, 0.1) is 0 Å². The van der Waals surface area contributed by atoms with Crippen molar-refractivity contribution in [3.05, 3.63) is 41.6 Å². The van der Waals surface area contributed by atoms with Crippen molar-refractivity contribution in [2.24, 2.45) is 0 Å². The molecule has 2 aromatic rings. The fourth-order valence-electron chi connectivity index (χ4n) is 4.10. The van der Waals surface area contributed by atoms with Crippen LogP contribution in [0.5, 0.6) is 11.5 Å². The minimum atomic E-state index is -3.42. The van der Waals surface area contributed by atoms with Gasteiger partial charge >= 0.3 is 0 Å². The number of aromatic nitrogens is 1. The molecule has 1 aromatic heterocycles. The van der Waals surface area contributed by atoms with Crippen molar-refractivity contribution < 1.29 is 22.9 Å². The number of nitrogens with one attached hydrogen (secondary N) is 1. The summed E-state index contributed by atoms with van der Waals surface area (Å²) in [5, 5.41) is 0. The van der Waals surface area contributed by atoms with Crippen LogP contribution in [0.15, 0.2) is 35.4 Å². The number of fused-ring (bicyclic) bond motifs is 1. The van der Waals surface area contributed by atoms with E-state index in [0.29, 0.717) is 18.0 Å². The van der Waals surface area contributed by atoms with Crippen LogP contribution in [0.1, 0.15) is 30.4 Å². The van der Waals surface area contributed by atoms with Gasteiger partial charge in [0, 0.05) is 31.1 Å². The molecule has 0 unspecified atom stereocenters.